The summed E-state index contributed by atoms with van der Waals surface area (Å²) in [5.41, 5.74) is -0.567. The lowest BCUT2D eigenvalue weighted by Gasteiger charge is -2.30. The Hall–Kier alpha value is -1.56. The van der Waals surface area contributed by atoms with Gasteiger partial charge < -0.3 is 20.1 Å². The van der Waals surface area contributed by atoms with E-state index in [9.17, 15) is 9.59 Å². The zero-order valence-electron chi connectivity index (χ0n) is 12.1. The number of carbonyl (C=O) groups is 2. The van der Waals surface area contributed by atoms with Gasteiger partial charge in [-0.1, -0.05) is 26.8 Å². The average Bonchev–Trinajstić information content (AvgIpc) is 2.29. The molecule has 2 N–H and O–H groups in total. The number of carbonyl (C=O) groups excluding carboxylic acids is 1. The van der Waals surface area contributed by atoms with E-state index in [2.05, 4.69) is 11.9 Å². The topological polar surface area (TPSA) is 78.9 Å². The van der Waals surface area contributed by atoms with Crippen molar-refractivity contribution in [3.8, 4) is 0 Å². The Morgan fingerprint density at radius 2 is 2.05 bits per heavy atom. The number of carboxylic acid groups (broad SMARTS) is 1. The molecular formula is C13H24N2O4. The molecule has 0 aromatic rings. The Balaban J connectivity index is 4.75. The van der Waals surface area contributed by atoms with Gasteiger partial charge in [0.25, 0.3) is 0 Å². The van der Waals surface area contributed by atoms with Crippen molar-refractivity contribution in [2.75, 3.05) is 26.8 Å². The second-order valence-corrected chi connectivity index (χ2v) is 5.31. The molecule has 19 heavy (non-hydrogen) atoms. The fourth-order valence-corrected chi connectivity index (χ4v) is 1.50. The lowest BCUT2D eigenvalue weighted by atomic mass is 9.87. The minimum atomic E-state index is -1.05. The summed E-state index contributed by atoms with van der Waals surface area (Å²) in [5, 5.41) is 11.7. The van der Waals surface area contributed by atoms with Crippen molar-refractivity contribution in [3.63, 3.8) is 0 Å². The third-order valence-corrected chi connectivity index (χ3v) is 2.58. The number of amides is 2. The van der Waals surface area contributed by atoms with Crippen molar-refractivity contribution in [1.29, 1.82) is 0 Å². The van der Waals surface area contributed by atoms with E-state index in [1.165, 1.54) is 4.90 Å². The van der Waals surface area contributed by atoms with E-state index < -0.39 is 23.5 Å². The molecule has 0 aliphatic carbocycles. The summed E-state index contributed by atoms with van der Waals surface area (Å²) >= 11 is 0. The maximum Gasteiger partial charge on any atom is 0.326 e. The molecule has 0 aromatic carbocycles. The second-order valence-electron chi connectivity index (χ2n) is 5.31. The van der Waals surface area contributed by atoms with Gasteiger partial charge >= 0.3 is 12.0 Å². The predicted octanol–water partition coefficient (Wildman–Crippen LogP) is 1.33. The van der Waals surface area contributed by atoms with Gasteiger partial charge in [0.05, 0.1) is 6.61 Å². The zero-order valence-corrected chi connectivity index (χ0v) is 12.1. The summed E-state index contributed by atoms with van der Waals surface area (Å²) in [7, 11) is 1.54. The van der Waals surface area contributed by atoms with E-state index in [0.29, 0.717) is 19.7 Å². The molecule has 0 fully saturated rings. The van der Waals surface area contributed by atoms with Crippen LogP contribution in [-0.4, -0.2) is 54.9 Å². The van der Waals surface area contributed by atoms with Crippen LogP contribution in [0.25, 0.3) is 0 Å². The highest BCUT2D eigenvalue weighted by molar-refractivity contribution is 5.83. The number of ether oxygens (including phenoxy) is 1. The van der Waals surface area contributed by atoms with Crippen molar-refractivity contribution >= 4 is 12.0 Å². The first-order valence-electron chi connectivity index (χ1n) is 6.12. The Bertz CT molecular complexity index is 323. The van der Waals surface area contributed by atoms with E-state index in [4.69, 9.17) is 9.84 Å². The lowest BCUT2D eigenvalue weighted by Crippen LogP contribution is -2.53. The molecule has 0 saturated heterocycles. The number of rotatable bonds is 7. The first-order chi connectivity index (χ1) is 8.73. The van der Waals surface area contributed by atoms with Gasteiger partial charge in [0.1, 0.15) is 6.04 Å². The highest BCUT2D eigenvalue weighted by Crippen LogP contribution is 2.19. The molecule has 0 radical (unpaired) electrons. The molecule has 6 heteroatoms. The number of carboxylic acids is 1. The van der Waals surface area contributed by atoms with Crippen LogP contribution >= 0.6 is 0 Å². The number of aliphatic carboxylic acids is 1. The fraction of sp³-hybridized carbons (Fsp3) is 0.692. The van der Waals surface area contributed by atoms with Crippen molar-refractivity contribution in [2.45, 2.75) is 26.8 Å². The molecule has 1 atom stereocenters. The average molecular weight is 272 g/mol. The van der Waals surface area contributed by atoms with Crippen molar-refractivity contribution in [1.82, 2.24) is 10.2 Å². The van der Waals surface area contributed by atoms with Crippen LogP contribution in [-0.2, 0) is 9.53 Å². The van der Waals surface area contributed by atoms with Crippen LogP contribution in [0.5, 0.6) is 0 Å². The van der Waals surface area contributed by atoms with Crippen molar-refractivity contribution < 1.29 is 19.4 Å². The monoisotopic (exact) mass is 272 g/mol. The first kappa shape index (κ1) is 17.4. The Morgan fingerprint density at radius 1 is 1.47 bits per heavy atom. The van der Waals surface area contributed by atoms with E-state index in [-0.39, 0.29) is 0 Å². The molecule has 6 nitrogen and oxygen atoms in total. The van der Waals surface area contributed by atoms with Crippen LogP contribution in [0.1, 0.15) is 20.8 Å². The third kappa shape index (κ3) is 6.24. The Morgan fingerprint density at radius 3 is 2.42 bits per heavy atom. The maximum atomic E-state index is 12.0. The molecule has 2 amide bonds. The minimum absolute atomic E-state index is 0.339. The van der Waals surface area contributed by atoms with Gasteiger partial charge in [0.2, 0.25) is 0 Å². The van der Waals surface area contributed by atoms with Crippen molar-refractivity contribution in [3.05, 3.63) is 12.7 Å². The molecule has 110 valence electrons. The molecule has 0 aliphatic rings. The third-order valence-electron chi connectivity index (χ3n) is 2.58. The summed E-state index contributed by atoms with van der Waals surface area (Å²) in [4.78, 5) is 24.7. The SMILES string of the molecule is C=CCN(CCOC)C(=O)NC(C(=O)O)C(C)(C)C. The summed E-state index contributed by atoms with van der Waals surface area (Å²) < 4.78 is 4.92. The lowest BCUT2D eigenvalue weighted by molar-refractivity contribution is -0.142. The summed E-state index contributed by atoms with van der Waals surface area (Å²) in [6, 6.07) is -1.38. The maximum absolute atomic E-state index is 12.0. The number of hydrogen-bond donors (Lipinski definition) is 2. The zero-order chi connectivity index (χ0) is 15.1. The van der Waals surface area contributed by atoms with Gasteiger partial charge in [-0.05, 0) is 5.41 Å². The first-order valence-corrected chi connectivity index (χ1v) is 6.12. The van der Waals surface area contributed by atoms with E-state index in [1.54, 1.807) is 34.0 Å². The van der Waals surface area contributed by atoms with Gasteiger partial charge in [-0.25, -0.2) is 9.59 Å². The number of hydrogen-bond acceptors (Lipinski definition) is 3. The molecule has 1 unspecified atom stereocenters. The fourth-order valence-electron chi connectivity index (χ4n) is 1.50. The molecule has 0 rings (SSSR count). The van der Waals surface area contributed by atoms with Crippen LogP contribution < -0.4 is 5.32 Å². The number of nitrogens with zero attached hydrogens (tertiary/aromatic N) is 1. The number of urea groups is 1. The summed E-state index contributed by atoms with van der Waals surface area (Å²) in [6.07, 6.45) is 1.59. The summed E-state index contributed by atoms with van der Waals surface area (Å²) in [5.74, 6) is -1.05. The van der Waals surface area contributed by atoms with Gasteiger partial charge in [0, 0.05) is 20.2 Å². The molecule has 0 heterocycles. The standard InChI is InChI=1S/C13H24N2O4/c1-6-7-15(8-9-19-5)12(18)14-10(11(16)17)13(2,3)4/h6,10H,1,7-9H2,2-5H3,(H,14,18)(H,16,17). The summed E-state index contributed by atoms with van der Waals surface area (Å²) in [6.45, 7) is 9.97. The quantitative estimate of drug-likeness (QED) is 0.685. The second kappa shape index (κ2) is 7.78. The van der Waals surface area contributed by atoms with Gasteiger partial charge in [-0.15, -0.1) is 6.58 Å². The Kier molecular flexibility index (Phi) is 7.14. The normalized spacial score (nSPS) is 12.6. The smallest absolute Gasteiger partial charge is 0.326 e. The molecule has 0 aliphatic heterocycles. The van der Waals surface area contributed by atoms with E-state index in [0.717, 1.165) is 0 Å². The van der Waals surface area contributed by atoms with Crippen LogP contribution in [0.4, 0.5) is 4.79 Å². The van der Waals surface area contributed by atoms with E-state index in [1.807, 2.05) is 0 Å². The molecule has 0 spiro atoms. The van der Waals surface area contributed by atoms with Gasteiger partial charge in [0.15, 0.2) is 0 Å². The highest BCUT2D eigenvalue weighted by atomic mass is 16.5. The van der Waals surface area contributed by atoms with Crippen LogP contribution in [0.15, 0.2) is 12.7 Å². The van der Waals surface area contributed by atoms with Gasteiger partial charge in [-0.2, -0.15) is 0 Å². The van der Waals surface area contributed by atoms with Gasteiger partial charge in [-0.3, -0.25) is 0 Å². The highest BCUT2D eigenvalue weighted by Gasteiger charge is 2.33. The van der Waals surface area contributed by atoms with Crippen LogP contribution in [0.2, 0.25) is 0 Å². The van der Waals surface area contributed by atoms with Crippen molar-refractivity contribution in [2.24, 2.45) is 5.41 Å². The van der Waals surface area contributed by atoms with Crippen LogP contribution in [0, 0.1) is 5.41 Å². The molecule has 0 aromatic heterocycles. The van der Waals surface area contributed by atoms with Crippen LogP contribution in [0.3, 0.4) is 0 Å². The number of methoxy groups -OCH3 is 1. The molecule has 0 saturated carbocycles. The molecule has 0 bridgehead atoms. The van der Waals surface area contributed by atoms with E-state index >= 15 is 0 Å². The molecular weight excluding hydrogens is 248 g/mol. The number of nitrogens with one attached hydrogen (secondary N) is 1. The Labute approximate surface area is 114 Å². The predicted molar refractivity (Wildman–Crippen MR) is 73.1 cm³/mol. The largest absolute Gasteiger partial charge is 0.480 e. The minimum Gasteiger partial charge on any atom is -0.480 e.